The van der Waals surface area contributed by atoms with Crippen molar-refractivity contribution >= 4 is 15.8 Å². The highest BCUT2D eigenvalue weighted by molar-refractivity contribution is 7.91. The Balaban J connectivity index is 2.66. The van der Waals surface area contributed by atoms with Crippen LogP contribution in [0.2, 0.25) is 0 Å². The highest BCUT2D eigenvalue weighted by Gasteiger charge is 2.16. The SMILES string of the molecule is CCN(CCC(=O)O)CCS(=O)(=O)c1ccc(C#N)cc1. The topological polar surface area (TPSA) is 98.5 Å². The van der Waals surface area contributed by atoms with Crippen LogP contribution in [0.3, 0.4) is 0 Å². The van der Waals surface area contributed by atoms with E-state index in [1.165, 1.54) is 24.3 Å². The number of carbonyl (C=O) groups is 1. The number of carboxylic acids is 1. The van der Waals surface area contributed by atoms with Gasteiger partial charge in [-0.2, -0.15) is 5.26 Å². The number of nitrogens with zero attached hydrogens (tertiary/aromatic N) is 2. The second kappa shape index (κ2) is 7.76. The molecule has 0 unspecified atom stereocenters. The first-order chi connectivity index (χ1) is 9.89. The summed E-state index contributed by atoms with van der Waals surface area (Å²) in [5.41, 5.74) is 0.408. The smallest absolute Gasteiger partial charge is 0.304 e. The molecule has 0 amide bonds. The van der Waals surface area contributed by atoms with Crippen molar-refractivity contribution in [3.63, 3.8) is 0 Å². The van der Waals surface area contributed by atoms with Crippen molar-refractivity contribution < 1.29 is 18.3 Å². The summed E-state index contributed by atoms with van der Waals surface area (Å²) in [4.78, 5) is 12.5. The molecule has 0 aliphatic carbocycles. The molecule has 0 radical (unpaired) electrons. The first kappa shape index (κ1) is 17.1. The predicted molar refractivity (Wildman–Crippen MR) is 77.6 cm³/mol. The van der Waals surface area contributed by atoms with Gasteiger partial charge in [0.15, 0.2) is 9.84 Å². The van der Waals surface area contributed by atoms with Crippen LogP contribution < -0.4 is 0 Å². The van der Waals surface area contributed by atoms with E-state index < -0.39 is 15.8 Å². The van der Waals surface area contributed by atoms with Crippen molar-refractivity contribution in [2.75, 3.05) is 25.4 Å². The van der Waals surface area contributed by atoms with Crippen molar-refractivity contribution in [3.05, 3.63) is 29.8 Å². The second-order valence-electron chi connectivity index (χ2n) is 4.53. The molecule has 1 rings (SSSR count). The quantitative estimate of drug-likeness (QED) is 0.773. The van der Waals surface area contributed by atoms with E-state index in [2.05, 4.69) is 0 Å². The number of carboxylic acid groups (broad SMARTS) is 1. The zero-order valence-electron chi connectivity index (χ0n) is 11.8. The van der Waals surface area contributed by atoms with Crippen LogP contribution in [0.25, 0.3) is 0 Å². The summed E-state index contributed by atoms with van der Waals surface area (Å²) in [5, 5.41) is 17.3. The van der Waals surface area contributed by atoms with Crippen LogP contribution in [0.4, 0.5) is 0 Å². The number of hydrogen-bond acceptors (Lipinski definition) is 5. The van der Waals surface area contributed by atoms with Crippen LogP contribution in [0.1, 0.15) is 18.9 Å². The maximum atomic E-state index is 12.2. The molecule has 0 spiro atoms. The van der Waals surface area contributed by atoms with Gasteiger partial charge in [0.25, 0.3) is 0 Å². The van der Waals surface area contributed by atoms with Crippen molar-refractivity contribution in [2.24, 2.45) is 0 Å². The third-order valence-corrected chi connectivity index (χ3v) is 4.82. The van der Waals surface area contributed by atoms with Gasteiger partial charge in [-0.3, -0.25) is 4.79 Å². The Kier molecular flexibility index (Phi) is 6.34. The third-order valence-electron chi connectivity index (χ3n) is 3.11. The lowest BCUT2D eigenvalue weighted by molar-refractivity contribution is -0.137. The molecule has 1 aromatic carbocycles. The average Bonchev–Trinajstić information content (AvgIpc) is 2.47. The molecule has 0 aliphatic rings. The maximum Gasteiger partial charge on any atom is 0.304 e. The highest BCUT2D eigenvalue weighted by Crippen LogP contribution is 2.12. The summed E-state index contributed by atoms with van der Waals surface area (Å²) in [6.07, 6.45) is -0.00917. The normalized spacial score (nSPS) is 11.3. The van der Waals surface area contributed by atoms with E-state index in [0.717, 1.165) is 0 Å². The Morgan fingerprint density at radius 3 is 2.38 bits per heavy atom. The van der Waals surface area contributed by atoms with E-state index in [1.807, 2.05) is 13.0 Å². The number of rotatable bonds is 8. The lowest BCUT2D eigenvalue weighted by Crippen LogP contribution is -2.31. The number of aliphatic carboxylic acids is 1. The zero-order chi connectivity index (χ0) is 15.9. The van der Waals surface area contributed by atoms with Gasteiger partial charge in [-0.25, -0.2) is 8.42 Å². The van der Waals surface area contributed by atoms with Crippen LogP contribution >= 0.6 is 0 Å². The molecule has 21 heavy (non-hydrogen) atoms. The van der Waals surface area contributed by atoms with Crippen molar-refractivity contribution in [3.8, 4) is 6.07 Å². The van der Waals surface area contributed by atoms with E-state index >= 15 is 0 Å². The van der Waals surface area contributed by atoms with Crippen molar-refractivity contribution in [2.45, 2.75) is 18.2 Å². The highest BCUT2D eigenvalue weighted by atomic mass is 32.2. The fourth-order valence-electron chi connectivity index (χ4n) is 1.79. The summed E-state index contributed by atoms with van der Waals surface area (Å²) in [6, 6.07) is 7.70. The van der Waals surface area contributed by atoms with Gasteiger partial charge in [0, 0.05) is 13.1 Å². The molecule has 0 bridgehead atoms. The summed E-state index contributed by atoms with van der Waals surface area (Å²) < 4.78 is 24.3. The van der Waals surface area contributed by atoms with E-state index in [9.17, 15) is 13.2 Å². The first-order valence-electron chi connectivity index (χ1n) is 6.56. The molecule has 0 atom stereocenters. The van der Waals surface area contributed by atoms with Crippen LogP contribution in [0, 0.1) is 11.3 Å². The van der Waals surface area contributed by atoms with Crippen molar-refractivity contribution in [1.29, 1.82) is 5.26 Å². The number of benzene rings is 1. The minimum atomic E-state index is -3.43. The van der Waals surface area contributed by atoms with Gasteiger partial charge in [-0.15, -0.1) is 0 Å². The van der Waals surface area contributed by atoms with Gasteiger partial charge < -0.3 is 10.0 Å². The van der Waals surface area contributed by atoms with Gasteiger partial charge in [-0.1, -0.05) is 6.92 Å². The summed E-state index contributed by atoms with van der Waals surface area (Å²) in [7, 11) is -3.43. The Bertz CT molecular complexity index is 617. The average molecular weight is 310 g/mol. The lowest BCUT2D eigenvalue weighted by Gasteiger charge is -2.19. The Hall–Kier alpha value is -1.91. The third kappa shape index (κ3) is 5.53. The standard InChI is InChI=1S/C14H18N2O4S/c1-2-16(8-7-14(17)18)9-10-21(19,20)13-5-3-12(11-15)4-6-13/h3-6H,2,7-10H2,1H3,(H,17,18). The Labute approximate surface area is 124 Å². The van der Waals surface area contributed by atoms with Crippen LogP contribution in [0.5, 0.6) is 0 Å². The van der Waals surface area contributed by atoms with Gasteiger partial charge in [0.1, 0.15) is 0 Å². The Morgan fingerprint density at radius 2 is 1.90 bits per heavy atom. The van der Waals surface area contributed by atoms with E-state index in [-0.39, 0.29) is 23.6 Å². The summed E-state index contributed by atoms with van der Waals surface area (Å²) in [6.45, 7) is 3.06. The molecule has 0 fully saturated rings. The molecule has 0 aliphatic heterocycles. The molecular weight excluding hydrogens is 292 g/mol. The molecule has 0 heterocycles. The number of sulfone groups is 1. The minimum absolute atomic E-state index is 0.00917. The van der Waals surface area contributed by atoms with E-state index in [1.54, 1.807) is 4.90 Å². The number of nitriles is 1. The monoisotopic (exact) mass is 310 g/mol. The molecule has 6 nitrogen and oxygen atoms in total. The van der Waals surface area contributed by atoms with E-state index in [4.69, 9.17) is 10.4 Å². The molecule has 1 N–H and O–H groups in total. The van der Waals surface area contributed by atoms with Crippen molar-refractivity contribution in [1.82, 2.24) is 4.90 Å². The van der Waals surface area contributed by atoms with E-state index in [0.29, 0.717) is 18.7 Å². The molecule has 0 aromatic heterocycles. The minimum Gasteiger partial charge on any atom is -0.481 e. The largest absolute Gasteiger partial charge is 0.481 e. The summed E-state index contributed by atoms with van der Waals surface area (Å²) >= 11 is 0. The molecule has 7 heteroatoms. The zero-order valence-corrected chi connectivity index (χ0v) is 12.6. The lowest BCUT2D eigenvalue weighted by atomic mass is 10.2. The fourth-order valence-corrected chi connectivity index (χ4v) is 3.07. The van der Waals surface area contributed by atoms with Gasteiger partial charge in [0.05, 0.1) is 28.7 Å². The van der Waals surface area contributed by atoms with Gasteiger partial charge in [0.2, 0.25) is 0 Å². The predicted octanol–water partition coefficient (Wildman–Crippen LogP) is 1.13. The molecule has 0 saturated heterocycles. The summed E-state index contributed by atoms with van der Waals surface area (Å²) in [5.74, 6) is -0.977. The van der Waals surface area contributed by atoms with Crippen LogP contribution in [-0.4, -0.2) is 49.8 Å². The van der Waals surface area contributed by atoms with Crippen LogP contribution in [-0.2, 0) is 14.6 Å². The molecule has 114 valence electrons. The Morgan fingerprint density at radius 1 is 1.29 bits per heavy atom. The fraction of sp³-hybridized carbons (Fsp3) is 0.429. The molecule has 0 saturated carbocycles. The van der Waals surface area contributed by atoms with Gasteiger partial charge in [-0.05, 0) is 30.8 Å². The first-order valence-corrected chi connectivity index (χ1v) is 8.21. The second-order valence-corrected chi connectivity index (χ2v) is 6.64. The molecule has 1 aromatic rings. The molecular formula is C14H18N2O4S. The van der Waals surface area contributed by atoms with Crippen LogP contribution in [0.15, 0.2) is 29.2 Å². The number of hydrogen-bond donors (Lipinski definition) is 1. The maximum absolute atomic E-state index is 12.2. The van der Waals surface area contributed by atoms with Gasteiger partial charge >= 0.3 is 5.97 Å².